The molecule has 0 saturated carbocycles. The molecule has 1 heterocycles. The molecule has 2 atom stereocenters. The molecule has 1 aromatic carbocycles. The fourth-order valence-electron chi connectivity index (χ4n) is 2.67. The second-order valence-corrected chi connectivity index (χ2v) is 5.04. The van der Waals surface area contributed by atoms with E-state index in [4.69, 9.17) is 5.11 Å². The molecule has 3 N–H and O–H groups in total. The monoisotopic (exact) mass is 264 g/mol. The van der Waals surface area contributed by atoms with Gasteiger partial charge in [-0.15, -0.1) is 0 Å². The maximum Gasteiger partial charge on any atom is 0.404 e. The zero-order chi connectivity index (χ0) is 13.7. The minimum atomic E-state index is -0.984. The quantitative estimate of drug-likeness (QED) is 0.745. The zero-order valence-corrected chi connectivity index (χ0v) is 10.8. The summed E-state index contributed by atoms with van der Waals surface area (Å²) in [6.45, 7) is 2.20. The van der Waals surface area contributed by atoms with E-state index in [-0.39, 0.29) is 18.6 Å². The minimum absolute atomic E-state index is 0.121. The highest BCUT2D eigenvalue weighted by atomic mass is 16.4. The van der Waals surface area contributed by atoms with Gasteiger partial charge in [-0.05, 0) is 17.9 Å². The topological polar surface area (TPSA) is 72.8 Å². The molecule has 1 saturated heterocycles. The van der Waals surface area contributed by atoms with Crippen molar-refractivity contribution in [3.8, 4) is 0 Å². The average Bonchev–Trinajstić information content (AvgIpc) is 2.80. The lowest BCUT2D eigenvalue weighted by molar-refractivity contribution is 0.153. The number of rotatable bonds is 5. The first-order valence-corrected chi connectivity index (χ1v) is 6.54. The van der Waals surface area contributed by atoms with Gasteiger partial charge < -0.3 is 15.5 Å². The highest BCUT2D eigenvalue weighted by Gasteiger charge is 2.31. The second-order valence-electron chi connectivity index (χ2n) is 5.04. The Bertz CT molecular complexity index is 410. The zero-order valence-electron chi connectivity index (χ0n) is 10.8. The molecule has 104 valence electrons. The van der Waals surface area contributed by atoms with Crippen molar-refractivity contribution in [3.63, 3.8) is 0 Å². The molecular formula is C14H20N2O3. The summed E-state index contributed by atoms with van der Waals surface area (Å²) in [4.78, 5) is 12.7. The molecule has 1 fully saturated rings. The number of likely N-dealkylation sites (tertiary alicyclic amines) is 1. The van der Waals surface area contributed by atoms with Gasteiger partial charge in [-0.25, -0.2) is 4.79 Å². The van der Waals surface area contributed by atoms with Crippen LogP contribution < -0.4 is 5.32 Å². The number of nitrogens with one attached hydrogen (secondary N) is 1. The minimum Gasteiger partial charge on any atom is -0.465 e. The fourth-order valence-corrected chi connectivity index (χ4v) is 2.67. The Balaban J connectivity index is 1.91. The first kappa shape index (κ1) is 13.8. The van der Waals surface area contributed by atoms with E-state index in [9.17, 15) is 9.90 Å². The van der Waals surface area contributed by atoms with E-state index in [0.29, 0.717) is 6.54 Å². The van der Waals surface area contributed by atoms with Crippen LogP contribution in [0.4, 0.5) is 4.79 Å². The van der Waals surface area contributed by atoms with Crippen LogP contribution in [-0.4, -0.2) is 46.9 Å². The van der Waals surface area contributed by atoms with E-state index >= 15 is 0 Å². The Labute approximate surface area is 112 Å². The van der Waals surface area contributed by atoms with Gasteiger partial charge in [0.1, 0.15) is 0 Å². The van der Waals surface area contributed by atoms with Gasteiger partial charge in [0, 0.05) is 25.7 Å². The summed E-state index contributed by atoms with van der Waals surface area (Å²) in [5, 5.41) is 20.5. The molecule has 1 aromatic rings. The van der Waals surface area contributed by atoms with Crippen LogP contribution >= 0.6 is 0 Å². The Hall–Kier alpha value is -1.59. The number of hydrogen-bond donors (Lipinski definition) is 3. The molecule has 0 radical (unpaired) electrons. The summed E-state index contributed by atoms with van der Waals surface area (Å²) in [6.07, 6.45) is -0.147. The van der Waals surface area contributed by atoms with E-state index in [0.717, 1.165) is 19.5 Å². The summed E-state index contributed by atoms with van der Waals surface area (Å²) < 4.78 is 0. The van der Waals surface area contributed by atoms with E-state index in [1.165, 1.54) is 5.56 Å². The average molecular weight is 264 g/mol. The van der Waals surface area contributed by atoms with E-state index in [2.05, 4.69) is 22.3 Å². The van der Waals surface area contributed by atoms with Crippen LogP contribution in [0.5, 0.6) is 0 Å². The van der Waals surface area contributed by atoms with Crippen molar-refractivity contribution < 1.29 is 15.0 Å². The number of benzene rings is 1. The maximum atomic E-state index is 10.5. The summed E-state index contributed by atoms with van der Waals surface area (Å²) >= 11 is 0. The van der Waals surface area contributed by atoms with Gasteiger partial charge in [-0.1, -0.05) is 30.3 Å². The van der Waals surface area contributed by atoms with Crippen LogP contribution in [0.3, 0.4) is 0 Å². The van der Waals surface area contributed by atoms with Gasteiger partial charge in [-0.2, -0.15) is 0 Å². The number of aliphatic hydroxyl groups excluding tert-OH is 1. The highest BCUT2D eigenvalue weighted by Crippen LogP contribution is 2.24. The Morgan fingerprint density at radius 2 is 2.11 bits per heavy atom. The molecule has 5 nitrogen and oxygen atoms in total. The number of aliphatic hydroxyl groups is 1. The van der Waals surface area contributed by atoms with Crippen LogP contribution in [0, 0.1) is 5.92 Å². The third-order valence-electron chi connectivity index (χ3n) is 3.60. The first-order valence-electron chi connectivity index (χ1n) is 6.54. The molecule has 2 rings (SSSR count). The van der Waals surface area contributed by atoms with Crippen molar-refractivity contribution >= 4 is 6.09 Å². The molecule has 0 aliphatic carbocycles. The fraction of sp³-hybridized carbons (Fsp3) is 0.500. The smallest absolute Gasteiger partial charge is 0.404 e. The lowest BCUT2D eigenvalue weighted by Crippen LogP contribution is -2.32. The van der Waals surface area contributed by atoms with Gasteiger partial charge in [-0.3, -0.25) is 4.90 Å². The number of hydrogen-bond acceptors (Lipinski definition) is 3. The van der Waals surface area contributed by atoms with Crippen molar-refractivity contribution in [2.45, 2.75) is 19.0 Å². The third kappa shape index (κ3) is 3.94. The van der Waals surface area contributed by atoms with Crippen molar-refractivity contribution in [1.82, 2.24) is 10.2 Å². The lowest BCUT2D eigenvalue weighted by atomic mass is 10.1. The molecule has 0 unspecified atom stereocenters. The van der Waals surface area contributed by atoms with Gasteiger partial charge in [0.25, 0.3) is 0 Å². The van der Waals surface area contributed by atoms with Crippen molar-refractivity contribution in [2.24, 2.45) is 5.92 Å². The van der Waals surface area contributed by atoms with Crippen LogP contribution in [0.15, 0.2) is 30.3 Å². The molecule has 0 bridgehead atoms. The molecule has 0 aromatic heterocycles. The lowest BCUT2D eigenvalue weighted by Gasteiger charge is -2.22. The van der Waals surface area contributed by atoms with Gasteiger partial charge in [0.2, 0.25) is 0 Å². The third-order valence-corrected chi connectivity index (χ3v) is 3.60. The van der Waals surface area contributed by atoms with Gasteiger partial charge in [0.05, 0.1) is 6.61 Å². The van der Waals surface area contributed by atoms with Crippen LogP contribution in [0.2, 0.25) is 0 Å². The standard InChI is InChI=1S/C14H20N2O3/c17-10-13-6-12(7-15-14(18)19)9-16(13)8-11-4-2-1-3-5-11/h1-5,12-13,15,17H,6-10H2,(H,18,19)/t12-,13+/m1/s1. The van der Waals surface area contributed by atoms with Crippen LogP contribution in [0.1, 0.15) is 12.0 Å². The van der Waals surface area contributed by atoms with Gasteiger partial charge in [0.15, 0.2) is 0 Å². The highest BCUT2D eigenvalue weighted by molar-refractivity contribution is 5.64. The Kier molecular flexibility index (Phi) is 4.76. The molecule has 5 heteroatoms. The summed E-state index contributed by atoms with van der Waals surface area (Å²) in [5.41, 5.74) is 1.22. The number of carboxylic acid groups (broad SMARTS) is 1. The second kappa shape index (κ2) is 6.54. The molecule has 19 heavy (non-hydrogen) atoms. The number of amides is 1. The number of nitrogens with zero attached hydrogens (tertiary/aromatic N) is 1. The van der Waals surface area contributed by atoms with Crippen molar-refractivity contribution in [1.29, 1.82) is 0 Å². The predicted octanol–water partition coefficient (Wildman–Crippen LogP) is 1.14. The normalized spacial score (nSPS) is 23.4. The van der Waals surface area contributed by atoms with Crippen LogP contribution in [0.25, 0.3) is 0 Å². The predicted molar refractivity (Wildman–Crippen MR) is 71.9 cm³/mol. The molecule has 1 aliphatic heterocycles. The molecule has 0 spiro atoms. The van der Waals surface area contributed by atoms with E-state index in [1.54, 1.807) is 0 Å². The van der Waals surface area contributed by atoms with E-state index < -0.39 is 6.09 Å². The largest absolute Gasteiger partial charge is 0.465 e. The van der Waals surface area contributed by atoms with Gasteiger partial charge >= 0.3 is 6.09 Å². The Morgan fingerprint density at radius 1 is 1.37 bits per heavy atom. The first-order chi connectivity index (χ1) is 9.19. The number of carbonyl (C=O) groups is 1. The van der Waals surface area contributed by atoms with Crippen molar-refractivity contribution in [2.75, 3.05) is 19.7 Å². The maximum absolute atomic E-state index is 10.5. The Morgan fingerprint density at radius 3 is 2.74 bits per heavy atom. The van der Waals surface area contributed by atoms with E-state index in [1.807, 2.05) is 18.2 Å². The summed E-state index contributed by atoms with van der Waals surface area (Å²) in [7, 11) is 0. The van der Waals surface area contributed by atoms with Crippen LogP contribution in [-0.2, 0) is 6.54 Å². The molecule has 1 amide bonds. The summed E-state index contributed by atoms with van der Waals surface area (Å²) in [5.74, 6) is 0.275. The molecule has 1 aliphatic rings. The van der Waals surface area contributed by atoms with Crippen molar-refractivity contribution in [3.05, 3.63) is 35.9 Å². The summed E-state index contributed by atoms with van der Waals surface area (Å²) in [6, 6.07) is 10.2. The SMILES string of the molecule is O=C(O)NC[C@H]1C[C@@H](CO)N(Cc2ccccc2)C1. The molecular weight excluding hydrogens is 244 g/mol.